The van der Waals surface area contributed by atoms with Crippen molar-refractivity contribution in [3.8, 4) is 0 Å². The molecule has 2 aromatic carbocycles. The third-order valence-electron chi connectivity index (χ3n) is 3.29. The summed E-state index contributed by atoms with van der Waals surface area (Å²) in [5.74, 6) is -1.39. The van der Waals surface area contributed by atoms with Crippen molar-refractivity contribution in [2.24, 2.45) is 0 Å². The van der Waals surface area contributed by atoms with Crippen LogP contribution in [-0.2, 0) is 0 Å². The van der Waals surface area contributed by atoms with E-state index in [1.807, 2.05) is 0 Å². The topological polar surface area (TPSA) is 37.4 Å². The van der Waals surface area contributed by atoms with Gasteiger partial charge in [0.1, 0.15) is 5.82 Å². The van der Waals surface area contributed by atoms with Gasteiger partial charge in [-0.05, 0) is 36.8 Å². The normalized spacial score (nSPS) is 13.8. The lowest BCUT2D eigenvalue weighted by molar-refractivity contribution is 0.0925. The van der Waals surface area contributed by atoms with E-state index in [0.29, 0.717) is 21.6 Å². The molecule has 0 aromatic heterocycles. The minimum Gasteiger partial charge on any atom is -0.268 e. The zero-order valence-electron chi connectivity index (χ0n) is 10.6. The molecule has 1 aliphatic heterocycles. The second-order valence-corrected chi connectivity index (χ2v) is 5.06. The third-order valence-corrected chi connectivity index (χ3v) is 3.65. The minimum absolute atomic E-state index is 0.169. The Morgan fingerprint density at radius 1 is 1.05 bits per heavy atom. The summed E-state index contributed by atoms with van der Waals surface area (Å²) in [5, 5.41) is 0. The van der Waals surface area contributed by atoms with Gasteiger partial charge in [-0.3, -0.25) is 9.59 Å². The van der Waals surface area contributed by atoms with E-state index in [9.17, 15) is 14.0 Å². The maximum atomic E-state index is 13.7. The van der Waals surface area contributed by atoms with Crippen LogP contribution >= 0.6 is 12.6 Å². The van der Waals surface area contributed by atoms with Crippen molar-refractivity contribution in [3.63, 3.8) is 0 Å². The predicted octanol–water partition coefficient (Wildman–Crippen LogP) is 3.22. The number of fused-ring (bicyclic) bond motifs is 1. The predicted molar refractivity (Wildman–Crippen MR) is 76.0 cm³/mol. The highest BCUT2D eigenvalue weighted by Crippen LogP contribution is 2.33. The highest BCUT2D eigenvalue weighted by molar-refractivity contribution is 7.80. The number of carbonyl (C=O) groups is 2. The number of hydrogen-bond donors (Lipinski definition) is 1. The maximum absolute atomic E-state index is 13.7. The summed E-state index contributed by atoms with van der Waals surface area (Å²) in [6, 6.07) is 9.20. The molecule has 0 aliphatic carbocycles. The van der Waals surface area contributed by atoms with E-state index in [1.54, 1.807) is 31.2 Å². The van der Waals surface area contributed by atoms with Crippen LogP contribution in [-0.4, -0.2) is 11.8 Å². The van der Waals surface area contributed by atoms with E-state index in [4.69, 9.17) is 0 Å². The van der Waals surface area contributed by atoms with Crippen LogP contribution < -0.4 is 4.90 Å². The number of hydrogen-bond acceptors (Lipinski definition) is 3. The summed E-state index contributed by atoms with van der Waals surface area (Å²) >= 11 is 4.24. The first-order valence-corrected chi connectivity index (χ1v) is 6.42. The van der Waals surface area contributed by atoms with Gasteiger partial charge in [-0.1, -0.05) is 12.1 Å². The first kappa shape index (κ1) is 12.9. The molecule has 0 radical (unpaired) electrons. The molecular weight excluding hydrogens is 277 g/mol. The van der Waals surface area contributed by atoms with Gasteiger partial charge in [0.15, 0.2) is 0 Å². The highest BCUT2D eigenvalue weighted by Gasteiger charge is 2.37. The maximum Gasteiger partial charge on any atom is 0.266 e. The lowest BCUT2D eigenvalue weighted by Gasteiger charge is -2.16. The van der Waals surface area contributed by atoms with Gasteiger partial charge in [-0.2, -0.15) is 0 Å². The Balaban J connectivity index is 2.17. The summed E-state index contributed by atoms with van der Waals surface area (Å²) in [7, 11) is 0. The number of nitrogens with zero attached hydrogens (tertiary/aromatic N) is 1. The van der Waals surface area contributed by atoms with E-state index in [2.05, 4.69) is 12.6 Å². The number of thiol groups is 1. The number of imide groups is 1. The lowest BCUT2D eigenvalue weighted by Crippen LogP contribution is -2.29. The van der Waals surface area contributed by atoms with E-state index in [1.165, 1.54) is 12.1 Å². The molecule has 3 rings (SSSR count). The number of carbonyl (C=O) groups excluding carboxylic acids is 2. The fraction of sp³-hybridized carbons (Fsp3) is 0.0667. The van der Waals surface area contributed by atoms with E-state index in [-0.39, 0.29) is 5.69 Å². The summed E-state index contributed by atoms with van der Waals surface area (Å²) in [6.45, 7) is 1.60. The Bertz CT molecular complexity index is 723. The molecule has 0 spiro atoms. The molecule has 1 aliphatic rings. The minimum atomic E-state index is -0.477. The Morgan fingerprint density at radius 2 is 1.60 bits per heavy atom. The molecule has 100 valence electrons. The van der Waals surface area contributed by atoms with Crippen LogP contribution in [0, 0.1) is 12.7 Å². The molecule has 0 fully saturated rings. The number of benzene rings is 2. The van der Waals surface area contributed by atoms with Crippen LogP contribution in [0.2, 0.25) is 0 Å². The van der Waals surface area contributed by atoms with Crippen molar-refractivity contribution in [1.82, 2.24) is 0 Å². The molecule has 3 nitrogen and oxygen atoms in total. The standard InChI is InChI=1S/C15H10FNO2S/c1-8-6-13(20)12(7-11(8)16)17-14(18)9-4-2-3-5-10(9)15(17)19/h2-7,20H,1H3. The first-order chi connectivity index (χ1) is 9.50. The molecule has 0 unspecified atom stereocenters. The fourth-order valence-corrected chi connectivity index (χ4v) is 2.60. The smallest absolute Gasteiger partial charge is 0.266 e. The van der Waals surface area contributed by atoms with Crippen molar-refractivity contribution in [2.45, 2.75) is 11.8 Å². The number of amides is 2. The third kappa shape index (κ3) is 1.74. The van der Waals surface area contributed by atoms with Crippen LogP contribution in [0.15, 0.2) is 41.3 Å². The molecule has 0 N–H and O–H groups in total. The Morgan fingerprint density at radius 3 is 2.15 bits per heavy atom. The van der Waals surface area contributed by atoms with Gasteiger partial charge >= 0.3 is 0 Å². The van der Waals surface area contributed by atoms with Crippen LogP contribution in [0.5, 0.6) is 0 Å². The Hall–Kier alpha value is -2.14. The molecular formula is C15H10FNO2S. The molecule has 2 amide bonds. The van der Waals surface area contributed by atoms with E-state index in [0.717, 1.165) is 4.90 Å². The quantitative estimate of drug-likeness (QED) is 0.646. The Labute approximate surface area is 120 Å². The van der Waals surface area contributed by atoms with Gasteiger partial charge in [0, 0.05) is 4.90 Å². The fourth-order valence-electron chi connectivity index (χ4n) is 2.24. The zero-order valence-corrected chi connectivity index (χ0v) is 11.4. The monoisotopic (exact) mass is 287 g/mol. The van der Waals surface area contributed by atoms with Crippen molar-refractivity contribution in [2.75, 3.05) is 4.90 Å². The van der Waals surface area contributed by atoms with Gasteiger partial charge in [0.05, 0.1) is 16.8 Å². The molecule has 2 aromatic rings. The highest BCUT2D eigenvalue weighted by atomic mass is 32.1. The summed E-state index contributed by atoms with van der Waals surface area (Å²) < 4.78 is 13.7. The van der Waals surface area contributed by atoms with Gasteiger partial charge in [-0.15, -0.1) is 12.6 Å². The summed E-state index contributed by atoms with van der Waals surface area (Å²) in [4.78, 5) is 26.0. The molecule has 0 bridgehead atoms. The van der Waals surface area contributed by atoms with Crippen LogP contribution in [0.25, 0.3) is 0 Å². The van der Waals surface area contributed by atoms with Gasteiger partial charge in [-0.25, -0.2) is 9.29 Å². The molecule has 0 saturated heterocycles. The van der Waals surface area contributed by atoms with Gasteiger partial charge < -0.3 is 0 Å². The van der Waals surface area contributed by atoms with Crippen LogP contribution in [0.4, 0.5) is 10.1 Å². The molecule has 1 heterocycles. The zero-order chi connectivity index (χ0) is 14.4. The van der Waals surface area contributed by atoms with Crippen LogP contribution in [0.1, 0.15) is 26.3 Å². The van der Waals surface area contributed by atoms with Crippen LogP contribution in [0.3, 0.4) is 0 Å². The van der Waals surface area contributed by atoms with E-state index < -0.39 is 17.6 Å². The van der Waals surface area contributed by atoms with Gasteiger partial charge in [0.2, 0.25) is 0 Å². The number of halogens is 1. The van der Waals surface area contributed by atoms with Crippen molar-refractivity contribution in [3.05, 3.63) is 58.9 Å². The molecule has 5 heteroatoms. The second-order valence-electron chi connectivity index (χ2n) is 4.58. The van der Waals surface area contributed by atoms with Crippen molar-refractivity contribution < 1.29 is 14.0 Å². The second kappa shape index (κ2) is 4.45. The van der Waals surface area contributed by atoms with E-state index >= 15 is 0 Å². The molecule has 0 saturated carbocycles. The number of anilines is 1. The molecule has 0 atom stereocenters. The molecule has 20 heavy (non-hydrogen) atoms. The largest absolute Gasteiger partial charge is 0.268 e. The lowest BCUT2D eigenvalue weighted by atomic mass is 10.1. The summed E-state index contributed by atoms with van der Waals surface area (Å²) in [5.41, 5.74) is 1.23. The number of aryl methyl sites for hydroxylation is 1. The van der Waals surface area contributed by atoms with Crippen molar-refractivity contribution >= 4 is 30.1 Å². The number of rotatable bonds is 1. The Kier molecular flexibility index (Phi) is 2.87. The van der Waals surface area contributed by atoms with Crippen molar-refractivity contribution in [1.29, 1.82) is 0 Å². The average molecular weight is 287 g/mol. The average Bonchev–Trinajstić information content (AvgIpc) is 2.68. The SMILES string of the molecule is Cc1cc(S)c(N2C(=O)c3ccccc3C2=O)cc1F. The van der Waals surface area contributed by atoms with Gasteiger partial charge in [0.25, 0.3) is 11.8 Å². The first-order valence-electron chi connectivity index (χ1n) is 5.97. The summed E-state index contributed by atoms with van der Waals surface area (Å²) in [6.07, 6.45) is 0.